The Morgan fingerprint density at radius 1 is 1.06 bits per heavy atom. The molecule has 0 aliphatic carbocycles. The smallest absolute Gasteiger partial charge is 0.338 e. The van der Waals surface area contributed by atoms with E-state index in [9.17, 15) is 29.8 Å². The molecule has 1 aromatic heterocycles. The largest absolute Gasteiger partial charge is 0.459 e. The van der Waals surface area contributed by atoms with Crippen molar-refractivity contribution in [1.29, 1.82) is 0 Å². The first-order valence-corrected chi connectivity index (χ1v) is 10.6. The molecule has 36 heavy (non-hydrogen) atoms. The van der Waals surface area contributed by atoms with Gasteiger partial charge in [-0.25, -0.2) is 14.4 Å². The molecule has 2 heterocycles. The van der Waals surface area contributed by atoms with Crippen LogP contribution in [0.5, 0.6) is 0 Å². The summed E-state index contributed by atoms with van der Waals surface area (Å²) in [5.74, 6) is -1.68. The van der Waals surface area contributed by atoms with E-state index in [1.54, 1.807) is 36.4 Å². The molecule has 3 aromatic rings. The van der Waals surface area contributed by atoms with Gasteiger partial charge in [-0.3, -0.25) is 14.3 Å². The first kappa shape index (κ1) is 24.4. The normalized spacial score (nSPS) is 22.9. The monoisotopic (exact) mass is 493 g/mol. The number of hydrogen-bond acceptors (Lipinski definition) is 9. The molecule has 2 unspecified atom stereocenters. The minimum atomic E-state index is -2.28. The summed E-state index contributed by atoms with van der Waals surface area (Å²) >= 11 is 0. The highest BCUT2D eigenvalue weighted by Crippen LogP contribution is 2.40. The zero-order chi connectivity index (χ0) is 25.7. The molecule has 0 spiro atoms. The molecular weight excluding hydrogens is 474 g/mol. The molecule has 13 heteroatoms. The third-order valence-corrected chi connectivity index (χ3v) is 5.39. The van der Waals surface area contributed by atoms with Crippen molar-refractivity contribution in [3.63, 3.8) is 0 Å². The first-order chi connectivity index (χ1) is 17.3. The minimum Gasteiger partial charge on any atom is -0.459 e. The fourth-order valence-electron chi connectivity index (χ4n) is 3.62. The van der Waals surface area contributed by atoms with Crippen molar-refractivity contribution in [2.45, 2.75) is 24.2 Å². The molecule has 1 aliphatic rings. The second-order valence-corrected chi connectivity index (χ2v) is 7.68. The Kier molecular flexibility index (Phi) is 6.97. The van der Waals surface area contributed by atoms with Crippen molar-refractivity contribution in [3.8, 4) is 0 Å². The molecule has 4 atom stereocenters. The summed E-state index contributed by atoms with van der Waals surface area (Å²) in [6.07, 6.45) is -3.99. The molecule has 0 bridgehead atoms. The number of esters is 2. The Balaban J connectivity index is 1.69. The van der Waals surface area contributed by atoms with Crippen LogP contribution in [-0.4, -0.2) is 51.1 Å². The Hall–Kier alpha value is -4.71. The van der Waals surface area contributed by atoms with Gasteiger partial charge >= 0.3 is 17.6 Å². The summed E-state index contributed by atoms with van der Waals surface area (Å²) in [5.41, 5.74) is 5.58. The number of carbonyl (C=O) groups excluding carboxylic acids is 2. The molecule has 1 fully saturated rings. The van der Waals surface area contributed by atoms with Crippen LogP contribution in [-0.2, 0) is 14.2 Å². The number of aliphatic hydroxyl groups excluding tert-OH is 1. The van der Waals surface area contributed by atoms with Gasteiger partial charge in [-0.15, -0.1) is 0 Å². The van der Waals surface area contributed by atoms with E-state index in [0.29, 0.717) is 0 Å². The predicted molar refractivity (Wildman–Crippen MR) is 122 cm³/mol. The molecule has 0 amide bonds. The van der Waals surface area contributed by atoms with E-state index in [4.69, 9.17) is 14.2 Å². The van der Waals surface area contributed by atoms with Crippen LogP contribution in [0.25, 0.3) is 10.4 Å². The van der Waals surface area contributed by atoms with Gasteiger partial charge in [0.15, 0.2) is 12.3 Å². The summed E-state index contributed by atoms with van der Waals surface area (Å²) in [7, 11) is 0. The van der Waals surface area contributed by atoms with Gasteiger partial charge in [-0.2, -0.15) is 0 Å². The molecule has 1 aliphatic heterocycles. The zero-order valence-corrected chi connectivity index (χ0v) is 18.5. The Morgan fingerprint density at radius 2 is 1.67 bits per heavy atom. The lowest BCUT2D eigenvalue weighted by Crippen LogP contribution is -2.46. The van der Waals surface area contributed by atoms with Gasteiger partial charge in [0, 0.05) is 17.2 Å². The van der Waals surface area contributed by atoms with Crippen LogP contribution in [0.2, 0.25) is 0 Å². The number of rotatable bonds is 7. The number of aliphatic hydroxyl groups is 1. The van der Waals surface area contributed by atoms with Crippen LogP contribution in [0, 0.1) is 0 Å². The molecule has 4 rings (SSSR count). The second kappa shape index (κ2) is 10.3. The predicted octanol–water partition coefficient (Wildman–Crippen LogP) is 1.52. The quantitative estimate of drug-likeness (QED) is 0.214. The van der Waals surface area contributed by atoms with Crippen LogP contribution in [0.4, 0.5) is 0 Å². The molecule has 2 aromatic carbocycles. The van der Waals surface area contributed by atoms with E-state index >= 15 is 0 Å². The van der Waals surface area contributed by atoms with Crippen LogP contribution in [0.1, 0.15) is 26.9 Å². The number of ether oxygens (including phenoxy) is 3. The maximum absolute atomic E-state index is 12.8. The number of aromatic amines is 1. The molecule has 13 nitrogen and oxygen atoms in total. The van der Waals surface area contributed by atoms with E-state index in [-0.39, 0.29) is 11.1 Å². The van der Waals surface area contributed by atoms with Gasteiger partial charge < -0.3 is 19.3 Å². The van der Waals surface area contributed by atoms with Gasteiger partial charge in [0.2, 0.25) is 5.72 Å². The summed E-state index contributed by atoms with van der Waals surface area (Å²) in [5, 5.41) is 14.6. The van der Waals surface area contributed by atoms with Crippen LogP contribution in [0.3, 0.4) is 0 Å². The van der Waals surface area contributed by atoms with E-state index < -0.39 is 54.0 Å². The number of nitrogens with zero attached hydrogens (tertiary/aromatic N) is 4. The average Bonchev–Trinajstić information content (AvgIpc) is 3.15. The van der Waals surface area contributed by atoms with Crippen molar-refractivity contribution in [3.05, 3.63) is 115 Å². The Bertz CT molecular complexity index is 1420. The van der Waals surface area contributed by atoms with Crippen LogP contribution in [0.15, 0.2) is 87.6 Å². The maximum atomic E-state index is 12.8. The van der Waals surface area contributed by atoms with Crippen LogP contribution < -0.4 is 11.2 Å². The standard InChI is InChI=1S/C23H19N5O8/c24-27-26-23(13-34-20(31)14-7-3-1-4-8-14)18(30)17(35-21(32)15-9-5-2-6-10-15)19(36-23)28-12-11-16(29)25-22(28)33/h1-12,17-19,30H,13H2,(H,25,29,33)/t17?,18-,19?,23+/m0/s1. The molecule has 1 saturated heterocycles. The van der Waals surface area contributed by atoms with E-state index in [1.165, 1.54) is 24.3 Å². The third-order valence-electron chi connectivity index (χ3n) is 5.39. The number of nitrogens with one attached hydrogen (secondary N) is 1. The number of azide groups is 1. The van der Waals surface area contributed by atoms with Crippen LogP contribution >= 0.6 is 0 Å². The highest BCUT2D eigenvalue weighted by Gasteiger charge is 2.58. The van der Waals surface area contributed by atoms with Gasteiger partial charge in [0.05, 0.1) is 11.1 Å². The summed E-state index contributed by atoms with van der Waals surface area (Å²) in [6, 6.07) is 16.7. The molecule has 184 valence electrons. The van der Waals surface area contributed by atoms with Gasteiger partial charge in [0.25, 0.3) is 5.56 Å². The summed E-state index contributed by atoms with van der Waals surface area (Å²) < 4.78 is 17.3. The van der Waals surface area contributed by atoms with Crippen molar-refractivity contribution in [1.82, 2.24) is 9.55 Å². The second-order valence-electron chi connectivity index (χ2n) is 7.68. The number of hydrogen-bond donors (Lipinski definition) is 2. The number of benzene rings is 2. The van der Waals surface area contributed by atoms with Gasteiger partial charge in [-0.05, 0) is 29.8 Å². The topological polar surface area (TPSA) is 186 Å². The van der Waals surface area contributed by atoms with Gasteiger partial charge in [-0.1, -0.05) is 41.5 Å². The molecule has 0 radical (unpaired) electrons. The summed E-state index contributed by atoms with van der Waals surface area (Å²) in [4.78, 5) is 54.0. The van der Waals surface area contributed by atoms with E-state index in [0.717, 1.165) is 16.8 Å². The molecule has 2 N–H and O–H groups in total. The molecule has 0 saturated carbocycles. The average molecular weight is 493 g/mol. The lowest BCUT2D eigenvalue weighted by atomic mass is 10.1. The lowest BCUT2D eigenvalue weighted by molar-refractivity contribution is -0.127. The zero-order valence-electron chi connectivity index (χ0n) is 18.5. The first-order valence-electron chi connectivity index (χ1n) is 10.6. The highest BCUT2D eigenvalue weighted by molar-refractivity contribution is 5.90. The fourth-order valence-corrected chi connectivity index (χ4v) is 3.62. The summed E-state index contributed by atoms with van der Waals surface area (Å²) in [6.45, 7) is -0.778. The van der Waals surface area contributed by atoms with Crippen molar-refractivity contribution in [2.24, 2.45) is 5.11 Å². The minimum absolute atomic E-state index is 0.133. The Labute approximate surface area is 202 Å². The van der Waals surface area contributed by atoms with E-state index in [1.807, 2.05) is 4.98 Å². The van der Waals surface area contributed by atoms with Crippen molar-refractivity contribution < 1.29 is 28.9 Å². The Morgan fingerprint density at radius 3 is 2.25 bits per heavy atom. The SMILES string of the molecule is [N-]=[N+]=N[C@]1(COC(=O)c2ccccc2)OC(n2ccc(=O)[nH]c2=O)C(OC(=O)c2ccccc2)[C@@H]1O. The van der Waals surface area contributed by atoms with E-state index in [2.05, 4.69) is 10.0 Å². The number of aromatic nitrogens is 2. The molecular formula is C23H19N5O8. The maximum Gasteiger partial charge on any atom is 0.338 e. The lowest BCUT2D eigenvalue weighted by Gasteiger charge is -2.26. The number of H-pyrrole nitrogens is 1. The third kappa shape index (κ3) is 4.88. The highest BCUT2D eigenvalue weighted by atomic mass is 16.6. The fraction of sp³-hybridized carbons (Fsp3) is 0.217. The van der Waals surface area contributed by atoms with Gasteiger partial charge in [0.1, 0.15) is 12.7 Å². The van der Waals surface area contributed by atoms with Crippen molar-refractivity contribution in [2.75, 3.05) is 6.61 Å². The van der Waals surface area contributed by atoms with Crippen molar-refractivity contribution >= 4 is 11.9 Å². The number of carbonyl (C=O) groups is 2.